The van der Waals surface area contributed by atoms with Crippen LogP contribution in [0.4, 0.5) is 0 Å². The van der Waals surface area contributed by atoms with Crippen molar-refractivity contribution >= 4 is 11.8 Å². The first-order chi connectivity index (χ1) is 7.13. The fourth-order valence-corrected chi connectivity index (χ4v) is 1.96. The van der Waals surface area contributed by atoms with Crippen molar-refractivity contribution in [2.75, 3.05) is 5.75 Å². The maximum Gasteiger partial charge on any atom is 0.000271 e. The average Bonchev–Trinajstić information content (AvgIpc) is 2.95. The highest BCUT2D eigenvalue weighted by Crippen LogP contribution is 2.38. The van der Waals surface area contributed by atoms with Crippen molar-refractivity contribution in [2.24, 2.45) is 5.92 Å². The van der Waals surface area contributed by atoms with E-state index >= 15 is 0 Å². The molecule has 0 N–H and O–H groups in total. The van der Waals surface area contributed by atoms with Gasteiger partial charge in [-0.3, -0.25) is 0 Å². The van der Waals surface area contributed by atoms with Crippen molar-refractivity contribution in [2.45, 2.75) is 26.7 Å². The summed E-state index contributed by atoms with van der Waals surface area (Å²) in [5.74, 6) is 1.87. The molecule has 1 rings (SSSR count). The smallest absolute Gasteiger partial charge is 0.000271 e. The van der Waals surface area contributed by atoms with Crippen LogP contribution < -0.4 is 0 Å². The highest BCUT2D eigenvalue weighted by atomic mass is 32.2. The van der Waals surface area contributed by atoms with Crippen LogP contribution in [0.15, 0.2) is 47.4 Å². The Bertz CT molecular complexity index is 303. The lowest BCUT2D eigenvalue weighted by Gasteiger charge is -2.01. The van der Waals surface area contributed by atoms with E-state index in [1.54, 1.807) is 0 Å². The lowest BCUT2D eigenvalue weighted by molar-refractivity contribution is 1.05. The van der Waals surface area contributed by atoms with E-state index in [1.807, 2.05) is 18.7 Å². The van der Waals surface area contributed by atoms with Crippen LogP contribution >= 0.6 is 11.8 Å². The quantitative estimate of drug-likeness (QED) is 0.584. The molecule has 0 saturated heterocycles. The zero-order valence-corrected chi connectivity index (χ0v) is 10.6. The number of hydrogen-bond acceptors (Lipinski definition) is 1. The maximum atomic E-state index is 4.05. The number of hydrogen-bond donors (Lipinski definition) is 0. The average molecular weight is 220 g/mol. The Morgan fingerprint density at radius 1 is 1.33 bits per heavy atom. The number of allylic oxidation sites excluding steroid dienone is 5. The molecule has 0 aromatic rings. The van der Waals surface area contributed by atoms with E-state index in [0.717, 1.165) is 17.2 Å². The van der Waals surface area contributed by atoms with Crippen LogP contribution in [0.1, 0.15) is 26.7 Å². The summed E-state index contributed by atoms with van der Waals surface area (Å²) in [5.41, 5.74) is 2.53. The fraction of sp³-hybridized carbons (Fsp3) is 0.429. The minimum absolute atomic E-state index is 0.773. The summed E-state index contributed by atoms with van der Waals surface area (Å²) in [7, 11) is 0. The first-order valence-corrected chi connectivity index (χ1v) is 6.49. The van der Waals surface area contributed by atoms with E-state index in [0.29, 0.717) is 0 Å². The molecular weight excluding hydrogens is 200 g/mol. The molecule has 0 nitrogen and oxygen atoms in total. The van der Waals surface area contributed by atoms with Crippen molar-refractivity contribution in [3.8, 4) is 0 Å². The second-order valence-electron chi connectivity index (χ2n) is 4.00. The van der Waals surface area contributed by atoms with E-state index in [1.165, 1.54) is 23.3 Å². The Hall–Kier alpha value is -0.690. The SMILES string of the molecule is C=C(C)/C=C\C(=C/C(=C)SCC)C1CC1. The van der Waals surface area contributed by atoms with Gasteiger partial charge in [0.25, 0.3) is 0 Å². The van der Waals surface area contributed by atoms with Gasteiger partial charge in [-0.15, -0.1) is 11.8 Å². The molecule has 1 heteroatoms. The summed E-state index contributed by atoms with van der Waals surface area (Å²) in [6, 6.07) is 0. The van der Waals surface area contributed by atoms with Crippen LogP contribution in [0.3, 0.4) is 0 Å². The molecule has 1 fully saturated rings. The van der Waals surface area contributed by atoms with Gasteiger partial charge in [-0.2, -0.15) is 0 Å². The zero-order chi connectivity index (χ0) is 11.3. The predicted molar refractivity (Wildman–Crippen MR) is 72.0 cm³/mol. The molecule has 1 aliphatic rings. The van der Waals surface area contributed by atoms with Crippen molar-refractivity contribution in [1.29, 1.82) is 0 Å². The Morgan fingerprint density at radius 3 is 2.47 bits per heavy atom. The van der Waals surface area contributed by atoms with Crippen molar-refractivity contribution < 1.29 is 0 Å². The number of rotatable bonds is 6. The van der Waals surface area contributed by atoms with Gasteiger partial charge >= 0.3 is 0 Å². The van der Waals surface area contributed by atoms with Crippen LogP contribution in [0.2, 0.25) is 0 Å². The van der Waals surface area contributed by atoms with Gasteiger partial charge in [0, 0.05) is 4.91 Å². The monoisotopic (exact) mass is 220 g/mol. The molecular formula is C14H20S. The zero-order valence-electron chi connectivity index (χ0n) is 9.75. The second-order valence-corrected chi connectivity index (χ2v) is 5.39. The summed E-state index contributed by atoms with van der Waals surface area (Å²) in [6.07, 6.45) is 9.17. The topological polar surface area (TPSA) is 0 Å². The van der Waals surface area contributed by atoms with Crippen LogP contribution in [-0.2, 0) is 0 Å². The third-order valence-corrected chi connectivity index (χ3v) is 3.04. The third-order valence-electron chi connectivity index (χ3n) is 2.27. The van der Waals surface area contributed by atoms with E-state index < -0.39 is 0 Å². The lowest BCUT2D eigenvalue weighted by atomic mass is 10.1. The van der Waals surface area contributed by atoms with Gasteiger partial charge in [0.15, 0.2) is 0 Å². The highest BCUT2D eigenvalue weighted by molar-refractivity contribution is 8.03. The van der Waals surface area contributed by atoms with E-state index in [-0.39, 0.29) is 0 Å². The molecule has 0 aromatic heterocycles. The van der Waals surface area contributed by atoms with E-state index in [4.69, 9.17) is 0 Å². The molecule has 0 unspecified atom stereocenters. The third kappa shape index (κ3) is 5.08. The van der Waals surface area contributed by atoms with Gasteiger partial charge in [0.1, 0.15) is 0 Å². The van der Waals surface area contributed by atoms with Crippen molar-refractivity contribution in [3.63, 3.8) is 0 Å². The summed E-state index contributed by atoms with van der Waals surface area (Å²) in [4.78, 5) is 1.17. The van der Waals surface area contributed by atoms with Gasteiger partial charge in [-0.05, 0) is 43.1 Å². The predicted octanol–water partition coefficient (Wildman–Crippen LogP) is 4.72. The second kappa shape index (κ2) is 6.02. The van der Waals surface area contributed by atoms with E-state index in [2.05, 4.69) is 38.3 Å². The van der Waals surface area contributed by atoms with Gasteiger partial charge in [0.05, 0.1) is 0 Å². The fourth-order valence-electron chi connectivity index (χ4n) is 1.37. The van der Waals surface area contributed by atoms with Crippen LogP contribution in [0.25, 0.3) is 0 Å². The molecule has 0 heterocycles. The molecule has 82 valence electrons. The molecule has 1 aliphatic carbocycles. The molecule has 0 atom stereocenters. The Morgan fingerprint density at radius 2 is 2.00 bits per heavy atom. The standard InChI is InChI=1S/C14H20S/c1-5-15-12(4)10-14(13-8-9-13)7-6-11(2)3/h6-7,10,13H,2,4-5,8-9H2,1,3H3/b7-6-,14-10+. The van der Waals surface area contributed by atoms with Gasteiger partial charge in [-0.25, -0.2) is 0 Å². The minimum Gasteiger partial charge on any atom is -0.127 e. The van der Waals surface area contributed by atoms with Crippen LogP contribution in [-0.4, -0.2) is 5.75 Å². The Kier molecular flexibility index (Phi) is 4.97. The molecule has 0 aliphatic heterocycles. The molecule has 1 saturated carbocycles. The van der Waals surface area contributed by atoms with Crippen LogP contribution in [0, 0.1) is 5.92 Å². The molecule has 0 radical (unpaired) electrons. The van der Waals surface area contributed by atoms with E-state index in [9.17, 15) is 0 Å². The number of thioether (sulfide) groups is 1. The highest BCUT2D eigenvalue weighted by Gasteiger charge is 2.24. The summed E-state index contributed by atoms with van der Waals surface area (Å²) in [5, 5.41) is 0. The summed E-state index contributed by atoms with van der Waals surface area (Å²) >= 11 is 1.81. The largest absolute Gasteiger partial charge is 0.127 e. The first-order valence-electron chi connectivity index (χ1n) is 5.50. The van der Waals surface area contributed by atoms with Gasteiger partial charge in [0.2, 0.25) is 0 Å². The minimum atomic E-state index is 0.773. The summed E-state index contributed by atoms with van der Waals surface area (Å²) in [6.45, 7) is 12.1. The molecule has 15 heavy (non-hydrogen) atoms. The van der Waals surface area contributed by atoms with Gasteiger partial charge in [-0.1, -0.05) is 37.8 Å². The molecule has 0 aromatic carbocycles. The molecule has 0 amide bonds. The maximum absolute atomic E-state index is 4.05. The Labute approximate surface area is 97.8 Å². The van der Waals surface area contributed by atoms with Gasteiger partial charge < -0.3 is 0 Å². The normalized spacial score (nSPS) is 17.1. The first kappa shape index (κ1) is 12.4. The van der Waals surface area contributed by atoms with Crippen molar-refractivity contribution in [3.05, 3.63) is 47.4 Å². The summed E-state index contributed by atoms with van der Waals surface area (Å²) < 4.78 is 0. The van der Waals surface area contributed by atoms with Crippen molar-refractivity contribution in [1.82, 2.24) is 0 Å². The molecule has 0 bridgehead atoms. The Balaban J connectivity index is 2.64. The molecule has 0 spiro atoms. The lowest BCUT2D eigenvalue weighted by Crippen LogP contribution is -1.82. The van der Waals surface area contributed by atoms with Crippen LogP contribution in [0.5, 0.6) is 0 Å².